The predicted octanol–water partition coefficient (Wildman–Crippen LogP) is 3.25. The smallest absolute Gasteiger partial charge is 0.171 e. The molecule has 5 fully saturated rings. The Kier molecular flexibility index (Phi) is 3.54. The highest BCUT2D eigenvalue weighted by atomic mass is 16.7. The fraction of sp³-hybridized carbons (Fsp3) is 1.00. The molecule has 1 spiro atoms. The molecular weight excluding hydrogens is 316 g/mol. The molecule has 25 heavy (non-hydrogen) atoms. The summed E-state index contributed by atoms with van der Waals surface area (Å²) in [6, 6.07) is 0. The van der Waals surface area contributed by atoms with Crippen LogP contribution in [0.3, 0.4) is 0 Å². The van der Waals surface area contributed by atoms with Gasteiger partial charge < -0.3 is 19.7 Å². The summed E-state index contributed by atoms with van der Waals surface area (Å²) in [6.45, 7) is 6.00. The molecule has 0 bridgehead atoms. The molecule has 5 rings (SSSR count). The molecule has 4 heteroatoms. The molecule has 4 aliphatic carbocycles. The van der Waals surface area contributed by atoms with Gasteiger partial charge in [0, 0.05) is 12.8 Å². The monoisotopic (exact) mass is 350 g/mol. The minimum Gasteiger partial charge on any atom is -0.393 e. The fourth-order valence-electron chi connectivity index (χ4n) is 7.93. The van der Waals surface area contributed by atoms with E-state index in [1.54, 1.807) is 0 Å². The van der Waals surface area contributed by atoms with E-state index >= 15 is 0 Å². The van der Waals surface area contributed by atoms with Crippen molar-refractivity contribution in [2.24, 2.45) is 28.6 Å². The number of aliphatic hydroxyl groups is 2. The van der Waals surface area contributed by atoms with Crippen molar-refractivity contribution in [3.8, 4) is 0 Å². The van der Waals surface area contributed by atoms with Crippen LogP contribution in [-0.4, -0.2) is 40.9 Å². The molecule has 1 heterocycles. The summed E-state index contributed by atoms with van der Waals surface area (Å²) in [5, 5.41) is 22.3. The molecule has 5 aliphatic rings. The first-order valence-corrected chi connectivity index (χ1v) is 10.5. The molecular formula is C21H34O4. The quantitative estimate of drug-likeness (QED) is 0.704. The fourth-order valence-corrected chi connectivity index (χ4v) is 7.93. The first-order valence-electron chi connectivity index (χ1n) is 10.5. The lowest BCUT2D eigenvalue weighted by Crippen LogP contribution is -2.65. The van der Waals surface area contributed by atoms with E-state index in [1.807, 2.05) is 0 Å². The zero-order valence-electron chi connectivity index (χ0n) is 15.8. The van der Waals surface area contributed by atoms with Crippen molar-refractivity contribution in [1.29, 1.82) is 0 Å². The van der Waals surface area contributed by atoms with E-state index in [1.165, 1.54) is 6.42 Å². The van der Waals surface area contributed by atoms with E-state index in [9.17, 15) is 10.2 Å². The van der Waals surface area contributed by atoms with Gasteiger partial charge >= 0.3 is 0 Å². The summed E-state index contributed by atoms with van der Waals surface area (Å²) in [5.41, 5.74) is -0.590. The van der Waals surface area contributed by atoms with Crippen LogP contribution >= 0.6 is 0 Å². The van der Waals surface area contributed by atoms with Crippen molar-refractivity contribution in [2.45, 2.75) is 89.1 Å². The zero-order chi connectivity index (χ0) is 17.5. The van der Waals surface area contributed by atoms with E-state index in [4.69, 9.17) is 9.47 Å². The summed E-state index contributed by atoms with van der Waals surface area (Å²) in [5.74, 6) is 1.36. The van der Waals surface area contributed by atoms with Gasteiger partial charge in [0.15, 0.2) is 5.79 Å². The van der Waals surface area contributed by atoms with Crippen molar-refractivity contribution >= 4 is 0 Å². The lowest BCUT2D eigenvalue weighted by Gasteiger charge is -2.64. The Bertz CT molecular complexity index is 558. The van der Waals surface area contributed by atoms with Crippen LogP contribution in [0.25, 0.3) is 0 Å². The van der Waals surface area contributed by atoms with Crippen molar-refractivity contribution in [1.82, 2.24) is 0 Å². The van der Waals surface area contributed by atoms with E-state index in [2.05, 4.69) is 13.8 Å². The third-order valence-corrected chi connectivity index (χ3v) is 9.56. The van der Waals surface area contributed by atoms with Gasteiger partial charge in [0.25, 0.3) is 0 Å². The average molecular weight is 350 g/mol. The first-order chi connectivity index (χ1) is 11.8. The second-order valence-electron chi connectivity index (χ2n) is 10.3. The van der Waals surface area contributed by atoms with Crippen LogP contribution in [0.15, 0.2) is 0 Å². The largest absolute Gasteiger partial charge is 0.393 e. The van der Waals surface area contributed by atoms with Crippen LogP contribution in [0, 0.1) is 28.6 Å². The number of hydrogen-bond acceptors (Lipinski definition) is 4. The number of rotatable bonds is 0. The minimum atomic E-state index is -0.665. The molecule has 0 radical (unpaired) electrons. The minimum absolute atomic E-state index is 0.0364. The van der Waals surface area contributed by atoms with Crippen LogP contribution in [0.2, 0.25) is 0 Å². The Morgan fingerprint density at radius 2 is 1.60 bits per heavy atom. The number of aliphatic hydroxyl groups excluding tert-OH is 1. The SMILES string of the molecule is C[C@]12CC[C@H]3[C@@H](CC[C@@]4(O)CC5(CC[C@]34C)OCCO5)[C@@H]1CC[C@@H]2O. The van der Waals surface area contributed by atoms with Crippen LogP contribution < -0.4 is 0 Å². The molecule has 4 nitrogen and oxygen atoms in total. The lowest BCUT2D eigenvalue weighted by atomic mass is 9.43. The molecule has 7 atom stereocenters. The van der Waals surface area contributed by atoms with E-state index in [0.29, 0.717) is 37.4 Å². The topological polar surface area (TPSA) is 58.9 Å². The van der Waals surface area contributed by atoms with Gasteiger partial charge in [-0.15, -0.1) is 0 Å². The van der Waals surface area contributed by atoms with Crippen molar-refractivity contribution in [3.05, 3.63) is 0 Å². The molecule has 4 saturated carbocycles. The molecule has 0 aromatic carbocycles. The third-order valence-electron chi connectivity index (χ3n) is 9.56. The number of fused-ring (bicyclic) bond motifs is 5. The predicted molar refractivity (Wildman–Crippen MR) is 93.8 cm³/mol. The maximum Gasteiger partial charge on any atom is 0.171 e. The Hall–Kier alpha value is -0.160. The summed E-state index contributed by atoms with van der Waals surface area (Å²) >= 11 is 0. The normalized spacial score (nSPS) is 57.1. The maximum absolute atomic E-state index is 11.8. The van der Waals surface area contributed by atoms with Gasteiger partial charge in [0.2, 0.25) is 0 Å². The summed E-state index contributed by atoms with van der Waals surface area (Å²) in [6.07, 6.45) is 8.80. The molecule has 1 saturated heterocycles. The molecule has 1 aliphatic heterocycles. The van der Waals surface area contributed by atoms with E-state index in [-0.39, 0.29) is 16.9 Å². The molecule has 142 valence electrons. The molecule has 2 N–H and O–H groups in total. The van der Waals surface area contributed by atoms with E-state index < -0.39 is 11.4 Å². The van der Waals surface area contributed by atoms with Crippen molar-refractivity contribution in [3.63, 3.8) is 0 Å². The van der Waals surface area contributed by atoms with Crippen molar-refractivity contribution in [2.75, 3.05) is 13.2 Å². The molecule has 0 amide bonds. The summed E-state index contributed by atoms with van der Waals surface area (Å²) in [7, 11) is 0. The molecule has 0 unspecified atom stereocenters. The highest BCUT2D eigenvalue weighted by Gasteiger charge is 2.67. The number of hydrogen-bond donors (Lipinski definition) is 2. The average Bonchev–Trinajstić information content (AvgIpc) is 3.14. The van der Waals surface area contributed by atoms with Gasteiger partial charge in [0.1, 0.15) is 0 Å². The highest BCUT2D eigenvalue weighted by Crippen LogP contribution is 2.68. The van der Waals surface area contributed by atoms with Gasteiger partial charge in [-0.1, -0.05) is 13.8 Å². The maximum atomic E-state index is 11.8. The Morgan fingerprint density at radius 3 is 2.36 bits per heavy atom. The van der Waals surface area contributed by atoms with Crippen LogP contribution in [0.1, 0.15) is 71.6 Å². The van der Waals surface area contributed by atoms with Crippen LogP contribution in [0.4, 0.5) is 0 Å². The lowest BCUT2D eigenvalue weighted by molar-refractivity contribution is -0.285. The standard InChI is InChI=1S/C21H34O4/c1-18-7-6-16-14(15(18)3-4-17(18)22)5-8-20(23)13-21(24-11-12-25-21)10-9-19(16,20)2/h14-17,22-23H,3-13H2,1-2H3/t14-,15-,16-,17-,18-,19+,20+/m0/s1. The van der Waals surface area contributed by atoms with Gasteiger partial charge in [-0.25, -0.2) is 0 Å². The van der Waals surface area contributed by atoms with Crippen LogP contribution in [0.5, 0.6) is 0 Å². The third kappa shape index (κ3) is 2.09. The Morgan fingerprint density at radius 1 is 0.840 bits per heavy atom. The zero-order valence-corrected chi connectivity index (χ0v) is 15.8. The van der Waals surface area contributed by atoms with Gasteiger partial charge in [0.05, 0.1) is 24.9 Å². The second kappa shape index (κ2) is 5.21. The highest BCUT2D eigenvalue weighted by molar-refractivity contribution is 5.15. The van der Waals surface area contributed by atoms with Gasteiger partial charge in [-0.3, -0.25) is 0 Å². The second-order valence-corrected chi connectivity index (χ2v) is 10.3. The van der Waals surface area contributed by atoms with Crippen molar-refractivity contribution < 1.29 is 19.7 Å². The molecule has 0 aromatic heterocycles. The van der Waals surface area contributed by atoms with E-state index in [0.717, 1.165) is 44.9 Å². The Labute approximate surface area is 151 Å². The Balaban J connectivity index is 1.45. The van der Waals surface area contributed by atoms with Crippen LogP contribution in [-0.2, 0) is 9.47 Å². The summed E-state index contributed by atoms with van der Waals surface area (Å²) < 4.78 is 11.9. The first kappa shape index (κ1) is 17.0. The summed E-state index contributed by atoms with van der Waals surface area (Å²) in [4.78, 5) is 0. The van der Waals surface area contributed by atoms with Gasteiger partial charge in [-0.05, 0) is 73.5 Å². The molecule has 0 aromatic rings. The number of ether oxygens (including phenoxy) is 2. The van der Waals surface area contributed by atoms with Gasteiger partial charge in [-0.2, -0.15) is 0 Å².